The molecule has 0 amide bonds. The van der Waals surface area contributed by atoms with Gasteiger partial charge in [0.15, 0.2) is 6.79 Å². The lowest BCUT2D eigenvalue weighted by Crippen LogP contribution is -2.38. The molecule has 0 fully saturated rings. The van der Waals surface area contributed by atoms with Gasteiger partial charge in [-0.2, -0.15) is 0 Å². The minimum absolute atomic E-state index is 0.0804. The summed E-state index contributed by atoms with van der Waals surface area (Å²) in [5.74, 6) is 0.649. The first-order chi connectivity index (χ1) is 8.58. The Morgan fingerprint density at radius 1 is 1.44 bits per heavy atom. The fraction of sp³-hybridized carbons (Fsp3) is 0.571. The topological polar surface area (TPSA) is 61.7 Å². The van der Waals surface area contributed by atoms with Crippen LogP contribution < -0.4 is 10.1 Å². The zero-order valence-corrected chi connectivity index (χ0v) is 11.3. The van der Waals surface area contributed by atoms with E-state index in [4.69, 9.17) is 9.84 Å². The molecular formula is C14H23NO3. The van der Waals surface area contributed by atoms with Crippen LogP contribution in [-0.2, 0) is 5.60 Å². The maximum absolute atomic E-state index is 10.8. The van der Waals surface area contributed by atoms with Crippen LogP contribution in [0.5, 0.6) is 5.75 Å². The van der Waals surface area contributed by atoms with Crippen molar-refractivity contribution < 1.29 is 14.9 Å². The summed E-state index contributed by atoms with van der Waals surface area (Å²) in [6.07, 6.45) is 0.623. The van der Waals surface area contributed by atoms with Crippen LogP contribution in [0.2, 0.25) is 0 Å². The highest BCUT2D eigenvalue weighted by Crippen LogP contribution is 2.34. The molecule has 0 aromatic heterocycles. The van der Waals surface area contributed by atoms with Crippen LogP contribution >= 0.6 is 0 Å². The van der Waals surface area contributed by atoms with E-state index >= 15 is 0 Å². The Hall–Kier alpha value is -1.10. The lowest BCUT2D eigenvalue weighted by molar-refractivity contribution is -0.0203. The van der Waals surface area contributed by atoms with Crippen LogP contribution in [0.15, 0.2) is 24.3 Å². The SMILES string of the molecule is CCC(O)(c1cccc(OCO)c1)C(C)CNC. The first kappa shape index (κ1) is 15.0. The fourth-order valence-electron chi connectivity index (χ4n) is 2.24. The third-order valence-corrected chi connectivity index (χ3v) is 3.43. The van der Waals surface area contributed by atoms with Gasteiger partial charge in [0.2, 0.25) is 0 Å². The van der Waals surface area contributed by atoms with Gasteiger partial charge in [0.25, 0.3) is 0 Å². The first-order valence-corrected chi connectivity index (χ1v) is 6.29. The minimum Gasteiger partial charge on any atom is -0.468 e. The zero-order valence-electron chi connectivity index (χ0n) is 11.3. The third-order valence-electron chi connectivity index (χ3n) is 3.43. The van der Waals surface area contributed by atoms with Gasteiger partial charge in [-0.3, -0.25) is 0 Å². The van der Waals surface area contributed by atoms with Crippen LogP contribution in [0.4, 0.5) is 0 Å². The molecule has 0 saturated heterocycles. The Kier molecular flexibility index (Phi) is 5.59. The molecule has 1 aromatic carbocycles. The van der Waals surface area contributed by atoms with E-state index in [-0.39, 0.29) is 12.7 Å². The van der Waals surface area contributed by atoms with Gasteiger partial charge < -0.3 is 20.3 Å². The van der Waals surface area contributed by atoms with E-state index in [9.17, 15) is 5.11 Å². The van der Waals surface area contributed by atoms with Crippen molar-refractivity contribution in [2.24, 2.45) is 5.92 Å². The van der Waals surface area contributed by atoms with Crippen LogP contribution in [0.25, 0.3) is 0 Å². The first-order valence-electron chi connectivity index (χ1n) is 6.29. The molecule has 102 valence electrons. The maximum atomic E-state index is 10.8. The highest BCUT2D eigenvalue weighted by molar-refractivity contribution is 5.32. The van der Waals surface area contributed by atoms with Crippen LogP contribution in [-0.4, -0.2) is 30.6 Å². The van der Waals surface area contributed by atoms with Gasteiger partial charge in [0, 0.05) is 12.5 Å². The number of nitrogens with one attached hydrogen (secondary N) is 1. The molecule has 0 aliphatic heterocycles. The second kappa shape index (κ2) is 6.73. The highest BCUT2D eigenvalue weighted by Gasteiger charge is 2.33. The summed E-state index contributed by atoms with van der Waals surface area (Å²) in [6.45, 7) is 4.35. The van der Waals surface area contributed by atoms with E-state index in [1.165, 1.54) is 0 Å². The summed E-state index contributed by atoms with van der Waals surface area (Å²) < 4.78 is 5.05. The number of hydrogen-bond acceptors (Lipinski definition) is 4. The lowest BCUT2D eigenvalue weighted by atomic mass is 9.80. The molecule has 4 heteroatoms. The average molecular weight is 253 g/mol. The summed E-state index contributed by atoms with van der Waals surface area (Å²) >= 11 is 0. The largest absolute Gasteiger partial charge is 0.468 e. The van der Waals surface area contributed by atoms with Gasteiger partial charge in [-0.05, 0) is 31.2 Å². The smallest absolute Gasteiger partial charge is 0.186 e. The molecule has 18 heavy (non-hydrogen) atoms. The Balaban J connectivity index is 3.03. The minimum atomic E-state index is -0.891. The normalized spacial score (nSPS) is 16.1. The third kappa shape index (κ3) is 3.22. The number of aliphatic hydroxyl groups excluding tert-OH is 1. The Labute approximate surface area is 109 Å². The van der Waals surface area contributed by atoms with Crippen molar-refractivity contribution in [2.75, 3.05) is 20.4 Å². The van der Waals surface area contributed by atoms with Gasteiger partial charge >= 0.3 is 0 Å². The lowest BCUT2D eigenvalue weighted by Gasteiger charge is -2.34. The molecule has 4 nitrogen and oxygen atoms in total. The molecule has 0 spiro atoms. The number of rotatable bonds is 7. The van der Waals surface area contributed by atoms with Crippen molar-refractivity contribution in [1.29, 1.82) is 0 Å². The van der Waals surface area contributed by atoms with E-state index in [2.05, 4.69) is 5.32 Å². The van der Waals surface area contributed by atoms with E-state index in [0.29, 0.717) is 12.2 Å². The second-order valence-electron chi connectivity index (χ2n) is 4.54. The van der Waals surface area contributed by atoms with Crippen LogP contribution in [0, 0.1) is 5.92 Å². The van der Waals surface area contributed by atoms with Gasteiger partial charge in [-0.1, -0.05) is 26.0 Å². The monoisotopic (exact) mass is 253 g/mol. The van der Waals surface area contributed by atoms with Crippen molar-refractivity contribution in [1.82, 2.24) is 5.32 Å². The number of hydrogen-bond donors (Lipinski definition) is 3. The Morgan fingerprint density at radius 2 is 2.17 bits per heavy atom. The van der Waals surface area contributed by atoms with Crippen molar-refractivity contribution in [3.05, 3.63) is 29.8 Å². The molecule has 0 radical (unpaired) electrons. The van der Waals surface area contributed by atoms with Gasteiger partial charge in [-0.15, -0.1) is 0 Å². The fourth-order valence-corrected chi connectivity index (χ4v) is 2.24. The van der Waals surface area contributed by atoms with E-state index in [1.807, 2.05) is 33.0 Å². The van der Waals surface area contributed by atoms with Crippen molar-refractivity contribution in [3.63, 3.8) is 0 Å². The van der Waals surface area contributed by atoms with Gasteiger partial charge in [0.1, 0.15) is 5.75 Å². The van der Waals surface area contributed by atoms with Gasteiger partial charge in [0.05, 0.1) is 5.60 Å². The molecule has 0 bridgehead atoms. The molecule has 2 unspecified atom stereocenters. The maximum Gasteiger partial charge on any atom is 0.186 e. The molecule has 0 saturated carbocycles. The van der Waals surface area contributed by atoms with E-state index < -0.39 is 5.60 Å². The molecule has 2 atom stereocenters. The number of ether oxygens (including phenoxy) is 1. The number of aliphatic hydroxyl groups is 2. The molecule has 3 N–H and O–H groups in total. The summed E-state index contributed by atoms with van der Waals surface area (Å²) in [5.41, 5.74) is -0.0728. The molecule has 0 aliphatic rings. The standard InChI is InChI=1S/C14H23NO3/c1-4-14(17,11(2)9-15-3)12-6-5-7-13(8-12)18-10-16/h5-8,11,15-17H,4,9-10H2,1-3H3. The Morgan fingerprint density at radius 3 is 2.72 bits per heavy atom. The summed E-state index contributed by atoms with van der Waals surface area (Å²) in [7, 11) is 1.87. The molecule has 0 heterocycles. The highest BCUT2D eigenvalue weighted by atomic mass is 16.6. The predicted octanol–water partition coefficient (Wildman–Crippen LogP) is 1.47. The predicted molar refractivity (Wildman–Crippen MR) is 71.4 cm³/mol. The second-order valence-corrected chi connectivity index (χ2v) is 4.54. The number of benzene rings is 1. The van der Waals surface area contributed by atoms with E-state index in [0.717, 1.165) is 12.1 Å². The molecule has 1 rings (SSSR count). The van der Waals surface area contributed by atoms with E-state index in [1.54, 1.807) is 12.1 Å². The summed E-state index contributed by atoms with van der Waals surface area (Å²) in [4.78, 5) is 0. The molecular weight excluding hydrogens is 230 g/mol. The van der Waals surface area contributed by atoms with Crippen LogP contribution in [0.1, 0.15) is 25.8 Å². The quantitative estimate of drug-likeness (QED) is 0.644. The van der Waals surface area contributed by atoms with Crippen molar-refractivity contribution >= 4 is 0 Å². The molecule has 1 aromatic rings. The van der Waals surface area contributed by atoms with Crippen molar-refractivity contribution in [2.45, 2.75) is 25.9 Å². The summed E-state index contributed by atoms with van der Waals surface area (Å²) in [6, 6.07) is 7.26. The zero-order chi connectivity index (χ0) is 13.6. The van der Waals surface area contributed by atoms with Crippen molar-refractivity contribution in [3.8, 4) is 5.75 Å². The van der Waals surface area contributed by atoms with Crippen LogP contribution in [0.3, 0.4) is 0 Å². The summed E-state index contributed by atoms with van der Waals surface area (Å²) in [5, 5.41) is 22.7. The Bertz CT molecular complexity index is 370. The average Bonchev–Trinajstić information content (AvgIpc) is 2.38. The van der Waals surface area contributed by atoms with Gasteiger partial charge in [-0.25, -0.2) is 0 Å². The molecule has 0 aliphatic carbocycles.